The van der Waals surface area contributed by atoms with Crippen molar-refractivity contribution in [2.24, 2.45) is 29.1 Å². The maximum Gasteiger partial charge on any atom is 0.0908 e. The van der Waals surface area contributed by atoms with Crippen LogP contribution in [0.3, 0.4) is 0 Å². The van der Waals surface area contributed by atoms with Gasteiger partial charge in [0.25, 0.3) is 0 Å². The molecular formula is C13H19N. The summed E-state index contributed by atoms with van der Waals surface area (Å²) >= 11 is 0. The zero-order valence-electron chi connectivity index (χ0n) is 9.33. The quantitative estimate of drug-likeness (QED) is 0.580. The van der Waals surface area contributed by atoms with Crippen molar-refractivity contribution in [3.63, 3.8) is 0 Å². The zero-order valence-corrected chi connectivity index (χ0v) is 9.33. The molecule has 0 aliphatic heterocycles. The molecule has 0 saturated heterocycles. The molecule has 1 unspecified atom stereocenters. The van der Waals surface area contributed by atoms with Crippen molar-refractivity contribution >= 4 is 0 Å². The lowest BCUT2D eigenvalue weighted by Crippen LogP contribution is -2.16. The van der Waals surface area contributed by atoms with Crippen molar-refractivity contribution in [3.8, 4) is 6.07 Å². The Bertz CT molecular complexity index is 295. The molecule has 0 radical (unpaired) electrons. The maximum absolute atomic E-state index is 8.53. The van der Waals surface area contributed by atoms with E-state index in [1.807, 2.05) is 0 Å². The van der Waals surface area contributed by atoms with Crippen LogP contribution in [0.4, 0.5) is 0 Å². The Hall–Kier alpha value is -0.770. The van der Waals surface area contributed by atoms with Crippen molar-refractivity contribution in [2.45, 2.75) is 33.6 Å². The van der Waals surface area contributed by atoms with Gasteiger partial charge in [-0.25, -0.2) is 0 Å². The van der Waals surface area contributed by atoms with Gasteiger partial charge in [0.05, 0.1) is 6.07 Å². The average molecular weight is 189 g/mol. The summed E-state index contributed by atoms with van der Waals surface area (Å²) in [5.74, 6) is 3.30. The second-order valence-electron chi connectivity index (χ2n) is 5.64. The van der Waals surface area contributed by atoms with Gasteiger partial charge in [0.1, 0.15) is 0 Å². The summed E-state index contributed by atoms with van der Waals surface area (Å²) < 4.78 is 0. The van der Waals surface area contributed by atoms with Crippen LogP contribution in [-0.4, -0.2) is 0 Å². The van der Waals surface area contributed by atoms with Crippen LogP contribution in [0, 0.1) is 40.4 Å². The van der Waals surface area contributed by atoms with Crippen molar-refractivity contribution in [2.75, 3.05) is 0 Å². The van der Waals surface area contributed by atoms with E-state index < -0.39 is 0 Å². The minimum atomic E-state index is 0.587. The number of nitriles is 1. The fourth-order valence-electron chi connectivity index (χ4n) is 3.33. The molecule has 0 spiro atoms. The minimum Gasteiger partial charge on any atom is -0.193 e. The Labute approximate surface area is 86.8 Å². The highest BCUT2D eigenvalue weighted by atomic mass is 14.6. The van der Waals surface area contributed by atoms with Gasteiger partial charge in [-0.2, -0.15) is 5.26 Å². The molecule has 0 heterocycles. The molecule has 0 N–H and O–H groups in total. The van der Waals surface area contributed by atoms with Gasteiger partial charge in [-0.1, -0.05) is 26.8 Å². The third-order valence-corrected chi connectivity index (χ3v) is 4.59. The number of hydrogen-bond acceptors (Lipinski definition) is 1. The highest BCUT2D eigenvalue weighted by Crippen LogP contribution is 2.66. The van der Waals surface area contributed by atoms with Crippen molar-refractivity contribution < 1.29 is 0 Å². The first-order chi connectivity index (χ1) is 6.57. The molecule has 1 heteroatoms. The highest BCUT2D eigenvalue weighted by Gasteiger charge is 2.60. The van der Waals surface area contributed by atoms with E-state index in [2.05, 4.69) is 32.9 Å². The van der Waals surface area contributed by atoms with Gasteiger partial charge in [0.15, 0.2) is 0 Å². The molecule has 2 fully saturated rings. The van der Waals surface area contributed by atoms with Gasteiger partial charge in [0, 0.05) is 6.08 Å². The summed E-state index contributed by atoms with van der Waals surface area (Å²) in [5, 5.41) is 8.53. The Morgan fingerprint density at radius 3 is 2.57 bits per heavy atom. The van der Waals surface area contributed by atoms with E-state index in [0.717, 1.165) is 17.8 Å². The number of rotatable bonds is 1. The number of nitrogens with zero attached hydrogens (tertiary/aromatic N) is 1. The Morgan fingerprint density at radius 1 is 1.29 bits per heavy atom. The average Bonchev–Trinajstić information content (AvgIpc) is 2.65. The predicted octanol–water partition coefficient (Wildman–Crippen LogP) is 3.38. The van der Waals surface area contributed by atoms with Gasteiger partial charge >= 0.3 is 0 Å². The highest BCUT2D eigenvalue weighted by molar-refractivity contribution is 5.13. The molecule has 2 aliphatic carbocycles. The van der Waals surface area contributed by atoms with E-state index in [1.165, 1.54) is 12.8 Å². The van der Waals surface area contributed by atoms with E-state index in [1.54, 1.807) is 6.08 Å². The molecule has 76 valence electrons. The smallest absolute Gasteiger partial charge is 0.0908 e. The molecule has 14 heavy (non-hydrogen) atoms. The van der Waals surface area contributed by atoms with Gasteiger partial charge in [-0.15, -0.1) is 0 Å². The zero-order chi connectivity index (χ0) is 10.3. The molecule has 1 nitrogen and oxygen atoms in total. The first-order valence-corrected chi connectivity index (χ1v) is 5.63. The van der Waals surface area contributed by atoms with Crippen LogP contribution in [-0.2, 0) is 0 Å². The molecular weight excluding hydrogens is 170 g/mol. The molecule has 0 aromatic rings. The lowest BCUT2D eigenvalue weighted by atomic mass is 9.80. The maximum atomic E-state index is 8.53. The molecule has 2 aliphatic rings. The molecule has 0 aromatic heterocycles. The lowest BCUT2D eigenvalue weighted by molar-refractivity contribution is 0.293. The van der Waals surface area contributed by atoms with E-state index in [9.17, 15) is 0 Å². The lowest BCUT2D eigenvalue weighted by Gasteiger charge is -2.25. The van der Waals surface area contributed by atoms with Gasteiger partial charge in [0.2, 0.25) is 0 Å². The number of allylic oxidation sites excluding steroid dienone is 2. The molecule has 0 aromatic carbocycles. The van der Waals surface area contributed by atoms with E-state index >= 15 is 0 Å². The SMILES string of the molecule is C[C@@H]1C[C@@H]2C(C[C@@H]1C=CC#N)C2(C)C. The molecule has 2 saturated carbocycles. The topological polar surface area (TPSA) is 23.8 Å². The summed E-state index contributed by atoms with van der Waals surface area (Å²) in [7, 11) is 0. The van der Waals surface area contributed by atoms with Crippen molar-refractivity contribution in [1.29, 1.82) is 5.26 Å². The Kier molecular flexibility index (Phi) is 2.18. The first-order valence-electron chi connectivity index (χ1n) is 5.63. The van der Waals surface area contributed by atoms with E-state index in [0.29, 0.717) is 11.3 Å². The molecule has 0 bridgehead atoms. The summed E-state index contributed by atoms with van der Waals surface area (Å²) in [6.07, 6.45) is 6.45. The largest absolute Gasteiger partial charge is 0.193 e. The van der Waals surface area contributed by atoms with Crippen LogP contribution >= 0.6 is 0 Å². The summed E-state index contributed by atoms with van der Waals surface area (Å²) in [5.41, 5.74) is 0.587. The number of fused-ring (bicyclic) bond motifs is 1. The van der Waals surface area contributed by atoms with Gasteiger partial charge < -0.3 is 0 Å². The monoisotopic (exact) mass is 189 g/mol. The van der Waals surface area contributed by atoms with Crippen LogP contribution in [0.5, 0.6) is 0 Å². The third-order valence-electron chi connectivity index (χ3n) is 4.59. The van der Waals surface area contributed by atoms with Crippen LogP contribution in [0.25, 0.3) is 0 Å². The third kappa shape index (κ3) is 1.38. The summed E-state index contributed by atoms with van der Waals surface area (Å²) in [6.45, 7) is 7.12. The number of hydrogen-bond donors (Lipinski definition) is 0. The second kappa shape index (κ2) is 3.12. The molecule has 2 rings (SSSR count). The standard InChI is InChI=1S/C13H19N/c1-9-7-11-12(13(11,2)3)8-10(9)5-4-6-14/h4-5,9-12H,7-8H2,1-3H3/t9-,10+,11-,12?/m1/s1. The predicted molar refractivity (Wildman–Crippen MR) is 57.4 cm³/mol. The summed E-state index contributed by atoms with van der Waals surface area (Å²) in [4.78, 5) is 0. The van der Waals surface area contributed by atoms with Crippen LogP contribution < -0.4 is 0 Å². The molecule has 4 atom stereocenters. The van der Waals surface area contributed by atoms with Crippen molar-refractivity contribution in [3.05, 3.63) is 12.2 Å². The van der Waals surface area contributed by atoms with Gasteiger partial charge in [-0.3, -0.25) is 0 Å². The summed E-state index contributed by atoms with van der Waals surface area (Å²) in [6, 6.07) is 2.10. The minimum absolute atomic E-state index is 0.587. The first kappa shape index (κ1) is 9.77. The normalized spacial score (nSPS) is 44.4. The van der Waals surface area contributed by atoms with Crippen LogP contribution in [0.2, 0.25) is 0 Å². The van der Waals surface area contributed by atoms with E-state index in [4.69, 9.17) is 5.26 Å². The Morgan fingerprint density at radius 2 is 1.93 bits per heavy atom. The van der Waals surface area contributed by atoms with Crippen LogP contribution in [0.1, 0.15) is 33.6 Å². The second-order valence-corrected chi connectivity index (χ2v) is 5.64. The fourth-order valence-corrected chi connectivity index (χ4v) is 3.33. The fraction of sp³-hybridized carbons (Fsp3) is 0.769. The molecule has 0 amide bonds. The Balaban J connectivity index is 2.03. The van der Waals surface area contributed by atoms with Crippen molar-refractivity contribution in [1.82, 2.24) is 0 Å². The van der Waals surface area contributed by atoms with Crippen LogP contribution in [0.15, 0.2) is 12.2 Å². The van der Waals surface area contributed by atoms with E-state index in [-0.39, 0.29) is 0 Å². The van der Waals surface area contributed by atoms with Gasteiger partial charge in [-0.05, 0) is 41.9 Å².